The van der Waals surface area contributed by atoms with E-state index >= 15 is 0 Å². The second-order valence-electron chi connectivity index (χ2n) is 3.91. The van der Waals surface area contributed by atoms with E-state index in [9.17, 15) is 20.6 Å². The Kier molecular flexibility index (Phi) is 1.94. The third-order valence-electron chi connectivity index (χ3n) is 2.80. The van der Waals surface area contributed by atoms with Crippen molar-refractivity contribution in [2.45, 2.75) is 0 Å². The average molecular weight is 244 g/mol. The normalized spacial score (nSPS) is 11.1. The molecule has 2 aromatic carbocycles. The van der Waals surface area contributed by atoms with Crippen molar-refractivity contribution in [3.63, 3.8) is 0 Å². The second kappa shape index (κ2) is 3.36. The number of fused-ring (bicyclic) bond motifs is 2. The van der Waals surface area contributed by atoms with Crippen molar-refractivity contribution in [1.82, 2.24) is 0 Å². The molecule has 0 aliphatic rings. The molecule has 0 aliphatic carbocycles. The first-order valence-electron chi connectivity index (χ1n) is 5.19. The third kappa shape index (κ3) is 1.22. The molecule has 3 aromatic rings. The molecule has 0 unspecified atom stereocenters. The predicted molar refractivity (Wildman–Crippen MR) is 62.7 cm³/mol. The lowest BCUT2D eigenvalue weighted by Gasteiger charge is -2.08. The SMILES string of the molecule is [O-][n+]1c2ccccc2[n+]([O-])c2c(O)cc(O)cc21. The molecule has 0 fully saturated rings. The monoisotopic (exact) mass is 244 g/mol. The number of hydrogen-bond acceptors (Lipinski definition) is 4. The number of nitrogens with zero attached hydrogens (tertiary/aromatic N) is 2. The summed E-state index contributed by atoms with van der Waals surface area (Å²) in [6.07, 6.45) is 0. The Hall–Kier alpha value is -2.76. The van der Waals surface area contributed by atoms with E-state index in [4.69, 9.17) is 0 Å². The molecule has 18 heavy (non-hydrogen) atoms. The molecule has 0 saturated heterocycles. The highest BCUT2D eigenvalue weighted by atomic mass is 16.5. The first kappa shape index (κ1) is 10.4. The fraction of sp³-hybridized carbons (Fsp3) is 0. The lowest BCUT2D eigenvalue weighted by atomic mass is 10.2. The second-order valence-corrected chi connectivity index (χ2v) is 3.91. The van der Waals surface area contributed by atoms with Gasteiger partial charge in [-0.05, 0) is 0 Å². The largest absolute Gasteiger partial charge is 0.617 e. The number of aromatic hydroxyl groups is 2. The van der Waals surface area contributed by atoms with Gasteiger partial charge in [-0.25, -0.2) is 0 Å². The molecule has 0 saturated carbocycles. The minimum Gasteiger partial charge on any atom is -0.617 e. The van der Waals surface area contributed by atoms with Crippen LogP contribution >= 0.6 is 0 Å². The quantitative estimate of drug-likeness (QED) is 0.345. The maximum Gasteiger partial charge on any atom is 0.332 e. The van der Waals surface area contributed by atoms with E-state index in [-0.39, 0.29) is 27.8 Å². The molecular formula is C12H8N2O4. The van der Waals surface area contributed by atoms with Crippen molar-refractivity contribution in [1.29, 1.82) is 0 Å². The first-order valence-corrected chi connectivity index (χ1v) is 5.19. The van der Waals surface area contributed by atoms with E-state index < -0.39 is 5.75 Å². The molecule has 0 bridgehead atoms. The molecule has 0 aliphatic heterocycles. The number of hydrogen-bond donors (Lipinski definition) is 2. The van der Waals surface area contributed by atoms with Gasteiger partial charge in [0.05, 0.1) is 6.07 Å². The van der Waals surface area contributed by atoms with Crippen LogP contribution in [-0.2, 0) is 0 Å². The molecule has 0 atom stereocenters. The third-order valence-corrected chi connectivity index (χ3v) is 2.80. The number of phenols is 2. The van der Waals surface area contributed by atoms with Crippen LogP contribution in [0.25, 0.3) is 22.1 Å². The summed E-state index contributed by atoms with van der Waals surface area (Å²) in [6.45, 7) is 0. The summed E-state index contributed by atoms with van der Waals surface area (Å²) in [5.41, 5.74) is 0.0775. The standard InChI is InChI=1S/C12H8N2O4/c15-7-5-10-12(11(16)6-7)14(18)9-4-2-1-3-8(9)13(10)17/h1-6,15-16H. The Morgan fingerprint density at radius 3 is 2.11 bits per heavy atom. The van der Waals surface area contributed by atoms with Crippen molar-refractivity contribution in [2.24, 2.45) is 0 Å². The summed E-state index contributed by atoms with van der Waals surface area (Å²) >= 11 is 0. The van der Waals surface area contributed by atoms with Gasteiger partial charge in [0.25, 0.3) is 16.6 Å². The fourth-order valence-electron chi connectivity index (χ4n) is 2.01. The number of benzene rings is 2. The van der Waals surface area contributed by atoms with Gasteiger partial charge in [-0.15, -0.1) is 0 Å². The molecule has 0 radical (unpaired) electrons. The molecule has 2 N–H and O–H groups in total. The summed E-state index contributed by atoms with van der Waals surface area (Å²) in [6, 6.07) is 8.40. The summed E-state index contributed by atoms with van der Waals surface area (Å²) in [7, 11) is 0. The van der Waals surface area contributed by atoms with Crippen LogP contribution in [-0.4, -0.2) is 10.2 Å². The fourth-order valence-corrected chi connectivity index (χ4v) is 2.01. The van der Waals surface area contributed by atoms with Crippen molar-refractivity contribution in [3.8, 4) is 11.5 Å². The van der Waals surface area contributed by atoms with Gasteiger partial charge < -0.3 is 20.6 Å². The van der Waals surface area contributed by atoms with E-state index in [0.717, 1.165) is 12.1 Å². The Bertz CT molecular complexity index is 786. The highest BCUT2D eigenvalue weighted by Gasteiger charge is 2.24. The summed E-state index contributed by atoms with van der Waals surface area (Å²) in [4.78, 5) is 0. The topological polar surface area (TPSA) is 94.3 Å². The average Bonchev–Trinajstić information content (AvgIpc) is 2.35. The van der Waals surface area contributed by atoms with Gasteiger partial charge in [-0.2, -0.15) is 9.46 Å². The summed E-state index contributed by atoms with van der Waals surface area (Å²) in [5, 5.41) is 43.2. The van der Waals surface area contributed by atoms with Crippen LogP contribution < -0.4 is 9.46 Å². The van der Waals surface area contributed by atoms with Crippen molar-refractivity contribution in [2.75, 3.05) is 0 Å². The highest BCUT2D eigenvalue weighted by molar-refractivity contribution is 5.81. The van der Waals surface area contributed by atoms with Crippen LogP contribution in [0, 0.1) is 10.4 Å². The first-order chi connectivity index (χ1) is 8.59. The molecule has 6 heteroatoms. The van der Waals surface area contributed by atoms with Gasteiger partial charge >= 0.3 is 5.52 Å². The van der Waals surface area contributed by atoms with E-state index in [1.165, 1.54) is 12.1 Å². The maximum absolute atomic E-state index is 12.1. The summed E-state index contributed by atoms with van der Waals surface area (Å²) in [5.74, 6) is -0.713. The van der Waals surface area contributed by atoms with Gasteiger partial charge in [-0.1, -0.05) is 12.1 Å². The zero-order valence-corrected chi connectivity index (χ0v) is 9.07. The molecule has 6 nitrogen and oxygen atoms in total. The smallest absolute Gasteiger partial charge is 0.332 e. The molecular weight excluding hydrogens is 236 g/mol. The number of aromatic nitrogens is 2. The van der Waals surface area contributed by atoms with Crippen LogP contribution in [0.3, 0.4) is 0 Å². The van der Waals surface area contributed by atoms with E-state index in [1.807, 2.05) is 0 Å². The number of para-hydroxylation sites is 2. The van der Waals surface area contributed by atoms with Gasteiger partial charge in [0.1, 0.15) is 5.75 Å². The van der Waals surface area contributed by atoms with Crippen LogP contribution in [0.5, 0.6) is 11.5 Å². The van der Waals surface area contributed by atoms with Crippen molar-refractivity contribution in [3.05, 3.63) is 46.8 Å². The number of rotatable bonds is 0. The minimum absolute atomic E-state index is 0.0822. The van der Waals surface area contributed by atoms with Gasteiger partial charge in [0, 0.05) is 18.2 Å². The molecule has 90 valence electrons. The van der Waals surface area contributed by atoms with E-state index in [1.54, 1.807) is 12.1 Å². The molecule has 0 amide bonds. The van der Waals surface area contributed by atoms with Crippen LogP contribution in [0.1, 0.15) is 0 Å². The Morgan fingerprint density at radius 2 is 1.44 bits per heavy atom. The Labute approximate surface area is 101 Å². The van der Waals surface area contributed by atoms with Crippen LogP contribution in [0.15, 0.2) is 36.4 Å². The van der Waals surface area contributed by atoms with E-state index in [0.29, 0.717) is 9.46 Å². The zero-order valence-electron chi connectivity index (χ0n) is 9.07. The van der Waals surface area contributed by atoms with Crippen molar-refractivity contribution < 1.29 is 19.7 Å². The maximum atomic E-state index is 12.1. The van der Waals surface area contributed by atoms with Gasteiger partial charge in [-0.3, -0.25) is 0 Å². The Balaban J connectivity index is 2.67. The van der Waals surface area contributed by atoms with E-state index in [2.05, 4.69) is 0 Å². The Morgan fingerprint density at radius 1 is 0.833 bits per heavy atom. The lowest BCUT2D eigenvalue weighted by molar-refractivity contribution is -0.591. The molecule has 0 spiro atoms. The molecule has 1 heterocycles. The van der Waals surface area contributed by atoms with Crippen LogP contribution in [0.2, 0.25) is 0 Å². The summed E-state index contributed by atoms with van der Waals surface area (Å²) < 4.78 is 0.992. The lowest BCUT2D eigenvalue weighted by Crippen LogP contribution is -2.39. The van der Waals surface area contributed by atoms with Crippen molar-refractivity contribution >= 4 is 22.1 Å². The minimum atomic E-state index is -0.435. The molecule has 1 aromatic heterocycles. The molecule has 3 rings (SSSR count). The zero-order chi connectivity index (χ0) is 12.9. The number of phenolic OH excluding ortho intramolecular Hbond substituents is 2. The van der Waals surface area contributed by atoms with Gasteiger partial charge in [0.2, 0.25) is 5.75 Å². The van der Waals surface area contributed by atoms with Gasteiger partial charge in [0.15, 0.2) is 0 Å². The predicted octanol–water partition coefficient (Wildman–Crippen LogP) is 0.671. The highest BCUT2D eigenvalue weighted by Crippen LogP contribution is 2.26. The van der Waals surface area contributed by atoms with Crippen LogP contribution in [0.4, 0.5) is 0 Å².